The Bertz CT molecular complexity index is 931. The second-order valence-electron chi connectivity index (χ2n) is 6.77. The molecule has 0 radical (unpaired) electrons. The van der Waals surface area contributed by atoms with Crippen LogP contribution in [0.4, 0.5) is 0 Å². The monoisotopic (exact) mass is 401 g/mol. The topological polar surface area (TPSA) is 85.5 Å². The number of aromatic nitrogens is 1. The maximum atomic E-state index is 12.4. The fourth-order valence-electron chi connectivity index (χ4n) is 3.48. The predicted molar refractivity (Wildman–Crippen MR) is 106 cm³/mol. The van der Waals surface area contributed by atoms with Gasteiger partial charge in [-0.15, -0.1) is 11.8 Å². The molecule has 1 heterocycles. The number of benzene rings is 1. The second kappa shape index (κ2) is 8.65. The summed E-state index contributed by atoms with van der Waals surface area (Å²) in [7, 11) is 1.29. The van der Waals surface area contributed by atoms with Crippen LogP contribution in [0, 0.1) is 13.8 Å². The molecular formula is C21H23NO5S. The Kier molecular flexibility index (Phi) is 6.24. The number of ketones is 1. The van der Waals surface area contributed by atoms with Crippen LogP contribution >= 0.6 is 11.8 Å². The Morgan fingerprint density at radius 3 is 2.64 bits per heavy atom. The smallest absolute Gasteiger partial charge is 0.339 e. The van der Waals surface area contributed by atoms with E-state index >= 15 is 0 Å². The number of aryl methyl sites for hydroxylation is 3. The number of hydrogen-bond donors (Lipinski definition) is 1. The van der Waals surface area contributed by atoms with Crippen LogP contribution in [0.15, 0.2) is 23.1 Å². The van der Waals surface area contributed by atoms with Gasteiger partial charge in [0.25, 0.3) is 0 Å². The molecule has 1 aliphatic rings. The average Bonchev–Trinajstić information content (AvgIpc) is 3.27. The third kappa shape index (κ3) is 4.30. The average molecular weight is 401 g/mol. The van der Waals surface area contributed by atoms with Crippen molar-refractivity contribution >= 4 is 29.5 Å². The van der Waals surface area contributed by atoms with E-state index in [4.69, 9.17) is 9.47 Å². The van der Waals surface area contributed by atoms with E-state index in [1.807, 2.05) is 6.07 Å². The Labute approximate surface area is 168 Å². The zero-order valence-corrected chi connectivity index (χ0v) is 17.0. The first kappa shape index (κ1) is 20.2. The maximum absolute atomic E-state index is 12.4. The summed E-state index contributed by atoms with van der Waals surface area (Å²) in [5.41, 5.74) is 4.39. The van der Waals surface area contributed by atoms with Gasteiger partial charge in [0, 0.05) is 10.6 Å². The van der Waals surface area contributed by atoms with Crippen LogP contribution in [0.1, 0.15) is 49.7 Å². The molecule has 6 nitrogen and oxygen atoms in total. The summed E-state index contributed by atoms with van der Waals surface area (Å²) in [6.07, 6.45) is 3.40. The van der Waals surface area contributed by atoms with Crippen molar-refractivity contribution in [3.8, 4) is 0 Å². The van der Waals surface area contributed by atoms with Crippen molar-refractivity contribution in [1.29, 1.82) is 0 Å². The number of nitrogens with one attached hydrogen (secondary N) is 1. The van der Waals surface area contributed by atoms with E-state index in [9.17, 15) is 14.4 Å². The summed E-state index contributed by atoms with van der Waals surface area (Å²) in [6, 6.07) is 6.27. The molecule has 7 heteroatoms. The van der Waals surface area contributed by atoms with Crippen LogP contribution in [-0.4, -0.2) is 42.2 Å². The molecule has 0 fully saturated rings. The number of Topliss-reactive ketones (excluding diaryl/α,β-unsaturated/α-hetero) is 1. The first-order valence-corrected chi connectivity index (χ1v) is 10.1. The third-order valence-electron chi connectivity index (χ3n) is 4.90. The van der Waals surface area contributed by atoms with Gasteiger partial charge in [-0.05, 0) is 61.9 Å². The molecule has 1 aromatic heterocycles. The number of H-pyrrole nitrogens is 1. The Morgan fingerprint density at radius 2 is 1.89 bits per heavy atom. The van der Waals surface area contributed by atoms with Crippen molar-refractivity contribution in [2.75, 3.05) is 19.5 Å². The second-order valence-corrected chi connectivity index (χ2v) is 7.82. The van der Waals surface area contributed by atoms with Crippen LogP contribution < -0.4 is 0 Å². The SMILES string of the molecule is COC(=O)c1c(C)[nH]c(C(=O)COC(=O)CSc2ccc3c(c2)CCC3)c1C. The van der Waals surface area contributed by atoms with Crippen LogP contribution in [0.25, 0.3) is 0 Å². The highest BCUT2D eigenvalue weighted by atomic mass is 32.2. The third-order valence-corrected chi connectivity index (χ3v) is 5.86. The van der Waals surface area contributed by atoms with E-state index in [0.717, 1.165) is 17.7 Å². The minimum atomic E-state index is -0.506. The number of thioether (sulfide) groups is 1. The van der Waals surface area contributed by atoms with Gasteiger partial charge in [-0.2, -0.15) is 0 Å². The number of methoxy groups -OCH3 is 1. The highest BCUT2D eigenvalue weighted by molar-refractivity contribution is 8.00. The van der Waals surface area contributed by atoms with Gasteiger partial charge in [0.1, 0.15) is 0 Å². The molecule has 0 aliphatic heterocycles. The fourth-order valence-corrected chi connectivity index (χ4v) is 4.23. The lowest BCUT2D eigenvalue weighted by atomic mass is 10.1. The molecule has 28 heavy (non-hydrogen) atoms. The van der Waals surface area contributed by atoms with Crippen molar-refractivity contribution < 1.29 is 23.9 Å². The number of rotatable bonds is 7. The van der Waals surface area contributed by atoms with Gasteiger partial charge >= 0.3 is 11.9 Å². The molecule has 0 spiro atoms. The van der Waals surface area contributed by atoms with Gasteiger partial charge in [-0.1, -0.05) is 6.07 Å². The standard InChI is InChI=1S/C21H23NO5S/c1-12-19(21(25)26-3)13(2)22-20(12)17(23)10-27-18(24)11-28-16-8-7-14-5-4-6-15(14)9-16/h7-9,22H,4-6,10-11H2,1-3H3. The lowest BCUT2D eigenvalue weighted by Crippen LogP contribution is -2.16. The van der Waals surface area contributed by atoms with Gasteiger partial charge in [0.2, 0.25) is 5.78 Å². The molecule has 1 aliphatic carbocycles. The number of hydrogen-bond acceptors (Lipinski definition) is 6. The van der Waals surface area contributed by atoms with E-state index < -0.39 is 11.9 Å². The maximum Gasteiger partial charge on any atom is 0.339 e. The molecule has 0 saturated carbocycles. The van der Waals surface area contributed by atoms with Crippen molar-refractivity contribution in [2.45, 2.75) is 38.0 Å². The van der Waals surface area contributed by atoms with Crippen LogP contribution in [-0.2, 0) is 27.1 Å². The molecule has 0 unspecified atom stereocenters. The summed E-state index contributed by atoms with van der Waals surface area (Å²) in [5, 5.41) is 0. The molecule has 1 N–H and O–H groups in total. The molecule has 0 amide bonds. The van der Waals surface area contributed by atoms with Gasteiger partial charge < -0.3 is 14.5 Å². The number of esters is 2. The van der Waals surface area contributed by atoms with Crippen LogP contribution in [0.3, 0.4) is 0 Å². The molecule has 0 atom stereocenters. The molecule has 0 bridgehead atoms. The highest BCUT2D eigenvalue weighted by Crippen LogP contribution is 2.27. The zero-order valence-electron chi connectivity index (χ0n) is 16.2. The van der Waals surface area contributed by atoms with E-state index in [0.29, 0.717) is 16.8 Å². The fraction of sp³-hybridized carbons (Fsp3) is 0.381. The molecule has 2 aromatic rings. The van der Waals surface area contributed by atoms with Crippen molar-refractivity contribution in [3.05, 3.63) is 51.8 Å². The van der Waals surface area contributed by atoms with E-state index in [2.05, 4.69) is 17.1 Å². The van der Waals surface area contributed by atoms with Crippen LogP contribution in [0.2, 0.25) is 0 Å². The van der Waals surface area contributed by atoms with Crippen molar-refractivity contribution in [1.82, 2.24) is 4.98 Å². The first-order chi connectivity index (χ1) is 13.4. The zero-order chi connectivity index (χ0) is 20.3. The number of carbonyl (C=O) groups is 3. The number of aromatic amines is 1. The molecule has 148 valence electrons. The number of carbonyl (C=O) groups excluding carboxylic acids is 3. The molecule has 3 rings (SSSR count). The van der Waals surface area contributed by atoms with Gasteiger partial charge in [-0.3, -0.25) is 9.59 Å². The van der Waals surface area contributed by atoms with Crippen molar-refractivity contribution in [2.24, 2.45) is 0 Å². The number of ether oxygens (including phenoxy) is 2. The Morgan fingerprint density at radius 1 is 1.14 bits per heavy atom. The summed E-state index contributed by atoms with van der Waals surface area (Å²) in [6.45, 7) is 2.98. The summed E-state index contributed by atoms with van der Waals surface area (Å²) < 4.78 is 9.85. The summed E-state index contributed by atoms with van der Waals surface area (Å²) >= 11 is 1.40. The van der Waals surface area contributed by atoms with E-state index in [1.165, 1.54) is 36.4 Å². The van der Waals surface area contributed by atoms with Gasteiger partial charge in [-0.25, -0.2) is 4.79 Å². The van der Waals surface area contributed by atoms with Crippen molar-refractivity contribution in [3.63, 3.8) is 0 Å². The first-order valence-electron chi connectivity index (χ1n) is 9.11. The summed E-state index contributed by atoms with van der Waals surface area (Å²) in [4.78, 5) is 40.1. The molecular weight excluding hydrogens is 378 g/mol. The normalized spacial score (nSPS) is 12.5. The lowest BCUT2D eigenvalue weighted by molar-refractivity contribution is -0.139. The summed E-state index contributed by atoms with van der Waals surface area (Å²) in [5.74, 6) is -1.20. The number of fused-ring (bicyclic) bond motifs is 1. The van der Waals surface area contributed by atoms with E-state index in [-0.39, 0.29) is 23.8 Å². The largest absolute Gasteiger partial charge is 0.465 e. The quantitative estimate of drug-likeness (QED) is 0.435. The molecule has 0 saturated heterocycles. The lowest BCUT2D eigenvalue weighted by Gasteiger charge is -2.06. The van der Waals surface area contributed by atoms with E-state index in [1.54, 1.807) is 13.8 Å². The minimum Gasteiger partial charge on any atom is -0.465 e. The Balaban J connectivity index is 1.53. The van der Waals surface area contributed by atoms with Crippen LogP contribution in [0.5, 0.6) is 0 Å². The molecule has 1 aromatic carbocycles. The highest BCUT2D eigenvalue weighted by Gasteiger charge is 2.23. The minimum absolute atomic E-state index is 0.141. The van der Waals surface area contributed by atoms with Gasteiger partial charge in [0.05, 0.1) is 24.1 Å². The van der Waals surface area contributed by atoms with Gasteiger partial charge in [0.15, 0.2) is 6.61 Å². The Hall–Kier alpha value is -2.54. The predicted octanol–water partition coefficient (Wildman–Crippen LogP) is 3.43.